The molecule has 3 rings (SSSR count). The van der Waals surface area contributed by atoms with Gasteiger partial charge < -0.3 is 4.98 Å². The summed E-state index contributed by atoms with van der Waals surface area (Å²) < 4.78 is 0. The molecule has 0 saturated carbocycles. The number of nitriles is 1. The Bertz CT molecular complexity index is 713. The van der Waals surface area contributed by atoms with Crippen molar-refractivity contribution in [3.05, 3.63) is 51.4 Å². The SMILES string of the molecule is N#Cc1ccc(-c2nc3c(c(=O)[nH]2)CSCC3)cc1. The number of aromatic amines is 1. The highest BCUT2D eigenvalue weighted by atomic mass is 32.2. The lowest BCUT2D eigenvalue weighted by atomic mass is 10.1. The smallest absolute Gasteiger partial charge is 0.255 e. The van der Waals surface area contributed by atoms with Gasteiger partial charge in [-0.1, -0.05) is 0 Å². The predicted molar refractivity (Wildman–Crippen MR) is 74.9 cm³/mol. The van der Waals surface area contributed by atoms with Gasteiger partial charge in [0.25, 0.3) is 5.56 Å². The molecule has 0 fully saturated rings. The highest BCUT2D eigenvalue weighted by Gasteiger charge is 2.16. The summed E-state index contributed by atoms with van der Waals surface area (Å²) in [5.74, 6) is 2.34. The first-order chi connectivity index (χ1) is 9.28. The van der Waals surface area contributed by atoms with Crippen molar-refractivity contribution in [1.29, 1.82) is 5.26 Å². The molecule has 0 aliphatic carbocycles. The molecule has 1 aliphatic rings. The van der Waals surface area contributed by atoms with Gasteiger partial charge in [-0.2, -0.15) is 17.0 Å². The Morgan fingerprint density at radius 2 is 2.11 bits per heavy atom. The molecule has 1 N–H and O–H groups in total. The number of nitrogens with zero attached hydrogens (tertiary/aromatic N) is 2. The summed E-state index contributed by atoms with van der Waals surface area (Å²) >= 11 is 1.76. The van der Waals surface area contributed by atoms with Gasteiger partial charge in [0.2, 0.25) is 0 Å². The summed E-state index contributed by atoms with van der Waals surface area (Å²) in [5, 5.41) is 8.78. The van der Waals surface area contributed by atoms with Crippen LogP contribution >= 0.6 is 11.8 Å². The van der Waals surface area contributed by atoms with Crippen LogP contribution in [0.1, 0.15) is 16.8 Å². The predicted octanol–water partition coefficient (Wildman–Crippen LogP) is 2.10. The molecule has 1 aromatic carbocycles. The van der Waals surface area contributed by atoms with E-state index in [9.17, 15) is 4.79 Å². The van der Waals surface area contributed by atoms with Crippen molar-refractivity contribution in [2.24, 2.45) is 0 Å². The maximum atomic E-state index is 12.0. The summed E-state index contributed by atoms with van der Waals surface area (Å²) in [4.78, 5) is 19.4. The third kappa shape index (κ3) is 2.27. The van der Waals surface area contributed by atoms with Gasteiger partial charge in [-0.25, -0.2) is 4.98 Å². The lowest BCUT2D eigenvalue weighted by molar-refractivity contribution is 0.938. The number of nitrogens with one attached hydrogen (secondary N) is 1. The first kappa shape index (κ1) is 12.0. The average molecular weight is 269 g/mol. The van der Waals surface area contributed by atoms with E-state index in [1.807, 2.05) is 0 Å². The van der Waals surface area contributed by atoms with Crippen molar-refractivity contribution in [1.82, 2.24) is 9.97 Å². The minimum absolute atomic E-state index is 0.0449. The largest absolute Gasteiger partial charge is 0.306 e. The Kier molecular flexibility index (Phi) is 3.10. The number of hydrogen-bond donors (Lipinski definition) is 1. The fourth-order valence-electron chi connectivity index (χ4n) is 2.08. The normalized spacial score (nSPS) is 13.6. The Hall–Kier alpha value is -2.06. The van der Waals surface area contributed by atoms with E-state index in [1.165, 1.54) is 0 Å². The van der Waals surface area contributed by atoms with Gasteiger partial charge in [-0.3, -0.25) is 4.79 Å². The van der Waals surface area contributed by atoms with Gasteiger partial charge in [-0.05, 0) is 36.4 Å². The summed E-state index contributed by atoms with van der Waals surface area (Å²) in [7, 11) is 0. The summed E-state index contributed by atoms with van der Waals surface area (Å²) in [6.07, 6.45) is 0.840. The fourth-order valence-corrected chi connectivity index (χ4v) is 3.07. The van der Waals surface area contributed by atoms with Crippen molar-refractivity contribution in [3.63, 3.8) is 0 Å². The van der Waals surface area contributed by atoms with Crippen LogP contribution in [-0.2, 0) is 12.2 Å². The second-order valence-electron chi connectivity index (χ2n) is 4.33. The molecule has 1 aliphatic heterocycles. The molecule has 0 unspecified atom stereocenters. The van der Waals surface area contributed by atoms with E-state index in [0.29, 0.717) is 11.4 Å². The van der Waals surface area contributed by atoms with Crippen molar-refractivity contribution >= 4 is 11.8 Å². The minimum Gasteiger partial charge on any atom is -0.306 e. The van der Waals surface area contributed by atoms with Crippen LogP contribution in [0.5, 0.6) is 0 Å². The molecule has 0 bridgehead atoms. The van der Waals surface area contributed by atoms with Gasteiger partial charge >= 0.3 is 0 Å². The highest BCUT2D eigenvalue weighted by molar-refractivity contribution is 7.98. The van der Waals surface area contributed by atoms with E-state index >= 15 is 0 Å². The molecule has 0 spiro atoms. The van der Waals surface area contributed by atoms with Crippen molar-refractivity contribution in [2.75, 3.05) is 5.75 Å². The molecule has 0 amide bonds. The number of benzene rings is 1. The van der Waals surface area contributed by atoms with E-state index < -0.39 is 0 Å². The quantitative estimate of drug-likeness (QED) is 0.860. The first-order valence-electron chi connectivity index (χ1n) is 5.98. The molecule has 2 heterocycles. The van der Waals surface area contributed by atoms with Gasteiger partial charge in [-0.15, -0.1) is 0 Å². The van der Waals surface area contributed by atoms with Crippen LogP contribution in [-0.4, -0.2) is 15.7 Å². The van der Waals surface area contributed by atoms with Crippen molar-refractivity contribution < 1.29 is 0 Å². The third-order valence-electron chi connectivity index (χ3n) is 3.12. The maximum Gasteiger partial charge on any atom is 0.255 e. The van der Waals surface area contributed by atoms with Crippen LogP contribution < -0.4 is 5.56 Å². The fraction of sp³-hybridized carbons (Fsp3) is 0.214. The second kappa shape index (κ2) is 4.90. The Morgan fingerprint density at radius 1 is 1.32 bits per heavy atom. The Balaban J connectivity index is 2.08. The summed E-state index contributed by atoms with van der Waals surface area (Å²) in [5.41, 5.74) is 3.09. The van der Waals surface area contributed by atoms with Crippen LogP contribution in [0.2, 0.25) is 0 Å². The molecule has 19 heavy (non-hydrogen) atoms. The molecule has 0 saturated heterocycles. The molecule has 94 valence electrons. The lowest BCUT2D eigenvalue weighted by Gasteiger charge is -2.14. The van der Waals surface area contributed by atoms with Crippen LogP contribution in [0, 0.1) is 11.3 Å². The number of rotatable bonds is 1. The number of H-pyrrole nitrogens is 1. The monoisotopic (exact) mass is 269 g/mol. The molecule has 0 radical (unpaired) electrons. The highest BCUT2D eigenvalue weighted by Crippen LogP contribution is 2.22. The molecule has 4 nitrogen and oxygen atoms in total. The number of hydrogen-bond acceptors (Lipinski definition) is 4. The Labute approximate surface area is 114 Å². The van der Waals surface area contributed by atoms with Crippen LogP contribution in [0.4, 0.5) is 0 Å². The van der Waals surface area contributed by atoms with E-state index in [0.717, 1.165) is 34.7 Å². The topological polar surface area (TPSA) is 69.5 Å². The van der Waals surface area contributed by atoms with Crippen LogP contribution in [0.25, 0.3) is 11.4 Å². The number of thioether (sulfide) groups is 1. The number of fused-ring (bicyclic) bond motifs is 1. The third-order valence-corrected chi connectivity index (χ3v) is 4.10. The molecule has 5 heteroatoms. The van der Waals surface area contributed by atoms with E-state index in [2.05, 4.69) is 16.0 Å². The first-order valence-corrected chi connectivity index (χ1v) is 7.14. The zero-order valence-electron chi connectivity index (χ0n) is 10.1. The lowest BCUT2D eigenvalue weighted by Crippen LogP contribution is -2.21. The average Bonchev–Trinajstić information content (AvgIpc) is 2.47. The molecular formula is C14H11N3OS. The summed E-state index contributed by atoms with van der Waals surface area (Å²) in [6.45, 7) is 0. The van der Waals surface area contributed by atoms with Crippen molar-refractivity contribution in [3.8, 4) is 17.5 Å². The summed E-state index contributed by atoms with van der Waals surface area (Å²) in [6, 6.07) is 9.14. The van der Waals surface area contributed by atoms with E-state index in [4.69, 9.17) is 5.26 Å². The van der Waals surface area contributed by atoms with Crippen molar-refractivity contribution in [2.45, 2.75) is 12.2 Å². The minimum atomic E-state index is -0.0449. The van der Waals surface area contributed by atoms with Gasteiger partial charge in [0.1, 0.15) is 5.82 Å². The molecule has 2 aromatic rings. The van der Waals surface area contributed by atoms with E-state index in [-0.39, 0.29) is 5.56 Å². The zero-order valence-corrected chi connectivity index (χ0v) is 11.0. The zero-order chi connectivity index (χ0) is 13.2. The van der Waals surface area contributed by atoms with E-state index in [1.54, 1.807) is 36.0 Å². The second-order valence-corrected chi connectivity index (χ2v) is 5.44. The number of aryl methyl sites for hydroxylation is 1. The Morgan fingerprint density at radius 3 is 2.84 bits per heavy atom. The molecular weight excluding hydrogens is 258 g/mol. The van der Waals surface area contributed by atoms with Gasteiger partial charge in [0.15, 0.2) is 0 Å². The number of aromatic nitrogens is 2. The van der Waals surface area contributed by atoms with Gasteiger partial charge in [0.05, 0.1) is 17.3 Å². The maximum absolute atomic E-state index is 12.0. The van der Waals surface area contributed by atoms with Gasteiger partial charge in [0, 0.05) is 16.9 Å². The van der Waals surface area contributed by atoms with Crippen LogP contribution in [0.3, 0.4) is 0 Å². The molecule has 1 aromatic heterocycles. The van der Waals surface area contributed by atoms with Crippen LogP contribution in [0.15, 0.2) is 29.1 Å². The molecule has 0 atom stereocenters. The standard InChI is InChI=1S/C14H11N3OS/c15-7-9-1-3-10(4-2-9)13-16-12-5-6-19-8-11(12)14(18)17-13/h1-4H,5-6,8H2,(H,16,17,18).